The molecule has 0 aliphatic heterocycles. The van der Waals surface area contributed by atoms with Gasteiger partial charge in [-0.1, -0.05) is 33.1 Å². The van der Waals surface area contributed by atoms with Crippen LogP contribution >= 0.6 is 0 Å². The molecule has 1 amide bonds. The minimum absolute atomic E-state index is 0.0900. The van der Waals surface area contributed by atoms with Crippen LogP contribution in [0.25, 0.3) is 0 Å². The Morgan fingerprint density at radius 2 is 1.80 bits per heavy atom. The van der Waals surface area contributed by atoms with Gasteiger partial charge in [0.25, 0.3) is 5.91 Å². The average molecular weight is 421 g/mol. The van der Waals surface area contributed by atoms with Crippen LogP contribution in [0.3, 0.4) is 0 Å². The van der Waals surface area contributed by atoms with Gasteiger partial charge in [-0.25, -0.2) is 9.78 Å². The zero-order chi connectivity index (χ0) is 22.3. The fourth-order valence-electron chi connectivity index (χ4n) is 3.79. The van der Waals surface area contributed by atoms with Gasteiger partial charge < -0.3 is 19.5 Å². The zero-order valence-electron chi connectivity index (χ0n) is 18.4. The molecule has 1 saturated carbocycles. The second-order valence-corrected chi connectivity index (χ2v) is 8.02. The number of methoxy groups -OCH3 is 1. The molecule has 8 nitrogen and oxygen atoms in total. The van der Waals surface area contributed by atoms with Gasteiger partial charge in [0.05, 0.1) is 7.11 Å². The molecule has 2 atom stereocenters. The summed E-state index contributed by atoms with van der Waals surface area (Å²) in [5.41, 5.74) is -0.142. The first-order chi connectivity index (χ1) is 14.2. The van der Waals surface area contributed by atoms with Crippen molar-refractivity contribution in [1.82, 2.24) is 10.3 Å². The molecule has 1 aromatic rings. The number of nitrogens with zero attached hydrogens (tertiary/aromatic N) is 1. The van der Waals surface area contributed by atoms with Gasteiger partial charge in [-0.15, -0.1) is 0 Å². The van der Waals surface area contributed by atoms with E-state index in [0.29, 0.717) is 5.92 Å². The third kappa shape index (κ3) is 6.18. The highest BCUT2D eigenvalue weighted by Gasteiger charge is 2.32. The largest absolute Gasteiger partial charge is 0.493 e. The van der Waals surface area contributed by atoms with Crippen molar-refractivity contribution >= 4 is 17.8 Å². The molecule has 1 N–H and O–H groups in total. The smallest absolute Gasteiger partial charge is 0.328 e. The van der Waals surface area contributed by atoms with Gasteiger partial charge in [-0.2, -0.15) is 0 Å². The van der Waals surface area contributed by atoms with Crippen molar-refractivity contribution < 1.29 is 28.6 Å². The number of aromatic nitrogens is 1. The summed E-state index contributed by atoms with van der Waals surface area (Å²) >= 11 is 0. The number of amides is 1. The monoisotopic (exact) mass is 420 g/mol. The first kappa shape index (κ1) is 23.6. The van der Waals surface area contributed by atoms with E-state index in [1.165, 1.54) is 32.7 Å². The summed E-state index contributed by atoms with van der Waals surface area (Å²) in [6.07, 6.45) is 6.81. The summed E-state index contributed by atoms with van der Waals surface area (Å²) in [6.45, 7) is 6.86. The molecule has 8 heteroatoms. The lowest BCUT2D eigenvalue weighted by molar-refractivity contribution is -0.157. The normalized spacial score (nSPS) is 16.5. The lowest BCUT2D eigenvalue weighted by Crippen LogP contribution is -2.43. The van der Waals surface area contributed by atoms with Crippen LogP contribution in [0.5, 0.6) is 11.5 Å². The van der Waals surface area contributed by atoms with E-state index >= 15 is 0 Å². The number of rotatable bonds is 8. The number of carbonyl (C=O) groups excluding carboxylic acids is 3. The highest BCUT2D eigenvalue weighted by atomic mass is 16.6. The Morgan fingerprint density at radius 1 is 1.13 bits per heavy atom. The van der Waals surface area contributed by atoms with E-state index in [0.717, 1.165) is 25.7 Å². The number of hydrogen-bond donors (Lipinski definition) is 1. The van der Waals surface area contributed by atoms with Crippen LogP contribution in [0.4, 0.5) is 0 Å². The summed E-state index contributed by atoms with van der Waals surface area (Å²) in [7, 11) is 1.39. The molecule has 1 unspecified atom stereocenters. The van der Waals surface area contributed by atoms with Gasteiger partial charge >= 0.3 is 11.9 Å². The second-order valence-electron chi connectivity index (χ2n) is 8.02. The van der Waals surface area contributed by atoms with Crippen molar-refractivity contribution in [3.05, 3.63) is 18.0 Å². The molecular weight excluding hydrogens is 388 g/mol. The second kappa shape index (κ2) is 10.9. The first-order valence-corrected chi connectivity index (χ1v) is 10.5. The lowest BCUT2D eigenvalue weighted by atomic mass is 9.81. The highest BCUT2D eigenvalue weighted by molar-refractivity contribution is 5.98. The van der Waals surface area contributed by atoms with Crippen LogP contribution in [0.1, 0.15) is 70.3 Å². The average Bonchev–Trinajstić information content (AvgIpc) is 2.71. The van der Waals surface area contributed by atoms with E-state index in [9.17, 15) is 14.4 Å². The molecule has 2 rings (SSSR count). The van der Waals surface area contributed by atoms with Crippen molar-refractivity contribution in [2.45, 2.75) is 71.9 Å². The number of esters is 2. The van der Waals surface area contributed by atoms with Crippen LogP contribution in [0, 0.1) is 11.8 Å². The van der Waals surface area contributed by atoms with Crippen LogP contribution < -0.4 is 14.8 Å². The summed E-state index contributed by atoms with van der Waals surface area (Å²) in [6, 6.07) is 0.588. The molecule has 1 aromatic heterocycles. The van der Waals surface area contributed by atoms with Crippen molar-refractivity contribution in [3.8, 4) is 11.5 Å². The van der Waals surface area contributed by atoms with Gasteiger partial charge in [-0.05, 0) is 31.6 Å². The van der Waals surface area contributed by atoms with E-state index in [2.05, 4.69) is 10.3 Å². The molecule has 1 heterocycles. The molecule has 0 aromatic carbocycles. The third-order valence-corrected chi connectivity index (χ3v) is 5.27. The quantitative estimate of drug-likeness (QED) is 0.644. The number of ether oxygens (including phenoxy) is 3. The van der Waals surface area contributed by atoms with Crippen molar-refractivity contribution in [2.24, 2.45) is 11.8 Å². The Bertz CT molecular complexity index is 758. The van der Waals surface area contributed by atoms with Crippen LogP contribution in [-0.2, 0) is 14.3 Å². The molecule has 1 aliphatic carbocycles. The summed E-state index contributed by atoms with van der Waals surface area (Å²) < 4.78 is 16.1. The van der Waals surface area contributed by atoms with Gasteiger partial charge in [0, 0.05) is 19.2 Å². The van der Waals surface area contributed by atoms with E-state index in [1.54, 1.807) is 6.92 Å². The summed E-state index contributed by atoms with van der Waals surface area (Å²) in [4.78, 5) is 40.8. The molecule has 1 fully saturated rings. The Kier molecular flexibility index (Phi) is 8.62. The predicted octanol–water partition coefficient (Wildman–Crippen LogP) is 3.28. The standard InChI is InChI=1S/C22H32N2O6/c1-13(2)19(16-9-7-6-8-10-16)30-22(27)14(3)24-21(26)18-20(29-15(4)25)17(28-5)11-12-23-18/h11-14,16,19H,6-10H2,1-5H3,(H,24,26)/t14-,19?/m0/s1. The molecule has 166 valence electrons. The fraction of sp³-hybridized carbons (Fsp3) is 0.636. The van der Waals surface area contributed by atoms with Crippen molar-refractivity contribution in [1.29, 1.82) is 0 Å². The Labute approximate surface area is 177 Å². The van der Waals surface area contributed by atoms with E-state index in [4.69, 9.17) is 14.2 Å². The van der Waals surface area contributed by atoms with Gasteiger partial charge in [0.2, 0.25) is 5.75 Å². The highest BCUT2D eigenvalue weighted by Crippen LogP contribution is 2.32. The first-order valence-electron chi connectivity index (χ1n) is 10.5. The number of carbonyl (C=O) groups is 3. The Balaban J connectivity index is 2.09. The van der Waals surface area contributed by atoms with Crippen LogP contribution in [0.2, 0.25) is 0 Å². The Hall–Kier alpha value is -2.64. The van der Waals surface area contributed by atoms with Crippen molar-refractivity contribution in [3.63, 3.8) is 0 Å². The molecule has 30 heavy (non-hydrogen) atoms. The molecule has 0 saturated heterocycles. The minimum Gasteiger partial charge on any atom is -0.493 e. The van der Waals surface area contributed by atoms with E-state index in [-0.39, 0.29) is 29.2 Å². The van der Waals surface area contributed by atoms with E-state index in [1.807, 2.05) is 13.8 Å². The van der Waals surface area contributed by atoms with Gasteiger partial charge in [-0.3, -0.25) is 9.59 Å². The molecular formula is C22H32N2O6. The van der Waals surface area contributed by atoms with Gasteiger partial charge in [0.1, 0.15) is 12.1 Å². The number of pyridine rings is 1. The van der Waals surface area contributed by atoms with Crippen LogP contribution in [-0.4, -0.2) is 42.1 Å². The van der Waals surface area contributed by atoms with Gasteiger partial charge in [0.15, 0.2) is 11.4 Å². The van der Waals surface area contributed by atoms with Crippen LogP contribution in [0.15, 0.2) is 12.3 Å². The number of nitrogens with one attached hydrogen (secondary N) is 1. The topological polar surface area (TPSA) is 104 Å². The number of hydrogen-bond acceptors (Lipinski definition) is 7. The molecule has 0 spiro atoms. The lowest BCUT2D eigenvalue weighted by Gasteiger charge is -2.33. The predicted molar refractivity (Wildman–Crippen MR) is 110 cm³/mol. The van der Waals surface area contributed by atoms with E-state index < -0.39 is 23.9 Å². The fourth-order valence-corrected chi connectivity index (χ4v) is 3.79. The molecule has 0 bridgehead atoms. The zero-order valence-corrected chi connectivity index (χ0v) is 18.4. The minimum atomic E-state index is -0.888. The SMILES string of the molecule is COc1ccnc(C(=O)N[C@@H](C)C(=O)OC(C(C)C)C2CCCCC2)c1OC(C)=O. The van der Waals surface area contributed by atoms with Crippen molar-refractivity contribution in [2.75, 3.05) is 7.11 Å². The summed E-state index contributed by atoms with van der Waals surface area (Å²) in [5, 5.41) is 2.59. The third-order valence-electron chi connectivity index (χ3n) is 5.27. The molecule has 0 radical (unpaired) electrons. The molecule has 1 aliphatic rings. The maximum absolute atomic E-state index is 12.7. The maximum Gasteiger partial charge on any atom is 0.328 e. The summed E-state index contributed by atoms with van der Waals surface area (Å²) in [5.74, 6) is -1.13. The Morgan fingerprint density at radius 3 is 2.37 bits per heavy atom. The maximum atomic E-state index is 12.7.